The first kappa shape index (κ1) is 16.0. The number of primary amides is 1. The number of nitrogens with one attached hydrogen (secondary N) is 1. The molecule has 0 spiro atoms. The van der Waals surface area contributed by atoms with Gasteiger partial charge in [-0.1, -0.05) is 6.07 Å². The molecule has 0 bridgehead atoms. The zero-order chi connectivity index (χ0) is 16.1. The van der Waals surface area contributed by atoms with Crippen LogP contribution >= 0.6 is 11.6 Å². The highest BCUT2D eigenvalue weighted by Crippen LogP contribution is 2.19. The molecular weight excluding hydrogens is 306 g/mol. The second kappa shape index (κ2) is 7.04. The van der Waals surface area contributed by atoms with Gasteiger partial charge in [0.05, 0.1) is 11.7 Å². The van der Waals surface area contributed by atoms with Crippen molar-refractivity contribution >= 4 is 23.3 Å². The predicted octanol–water partition coefficient (Wildman–Crippen LogP) is 2.02. The number of rotatable bonds is 6. The fourth-order valence-electron chi connectivity index (χ4n) is 1.74. The zero-order valence-corrected chi connectivity index (χ0v) is 13.0. The maximum Gasteiger partial charge on any atom is 0.254 e. The van der Waals surface area contributed by atoms with E-state index in [4.69, 9.17) is 22.1 Å². The number of nitrogens with zero attached hydrogens (tertiary/aromatic N) is 3. The van der Waals surface area contributed by atoms with Crippen LogP contribution in [0.2, 0.25) is 5.28 Å². The molecule has 2 aromatic rings. The van der Waals surface area contributed by atoms with Crippen LogP contribution in [0.3, 0.4) is 0 Å². The molecule has 0 saturated heterocycles. The topological polar surface area (TPSA) is 103 Å². The highest BCUT2D eigenvalue weighted by molar-refractivity contribution is 6.28. The lowest BCUT2D eigenvalue weighted by molar-refractivity contribution is 0.100. The van der Waals surface area contributed by atoms with Crippen LogP contribution in [0.4, 0.5) is 5.82 Å². The van der Waals surface area contributed by atoms with Crippen LogP contribution in [0, 0.1) is 0 Å². The molecule has 2 aromatic heterocycles. The summed E-state index contributed by atoms with van der Waals surface area (Å²) in [5.41, 5.74) is 6.28. The Balaban J connectivity index is 2.20. The van der Waals surface area contributed by atoms with E-state index in [0.29, 0.717) is 12.4 Å². The van der Waals surface area contributed by atoms with Crippen LogP contribution in [0.1, 0.15) is 29.8 Å². The summed E-state index contributed by atoms with van der Waals surface area (Å²) in [6.07, 6.45) is 2.94. The number of amides is 1. The third kappa shape index (κ3) is 4.05. The molecule has 1 amide bonds. The molecule has 116 valence electrons. The van der Waals surface area contributed by atoms with E-state index in [9.17, 15) is 4.79 Å². The number of anilines is 1. The number of aromatic nitrogens is 3. The number of pyridine rings is 1. The van der Waals surface area contributed by atoms with Crippen molar-refractivity contribution < 1.29 is 9.53 Å². The molecule has 7 nitrogen and oxygen atoms in total. The van der Waals surface area contributed by atoms with E-state index >= 15 is 0 Å². The number of halogens is 1. The second-order valence-electron chi connectivity index (χ2n) is 4.75. The van der Waals surface area contributed by atoms with Gasteiger partial charge in [-0.05, 0) is 31.5 Å². The SMILES string of the molecule is CC(C)Oc1ncccc1CNc1nc(Cl)ncc1C(N)=O. The maximum atomic E-state index is 11.4. The van der Waals surface area contributed by atoms with Crippen molar-refractivity contribution in [2.24, 2.45) is 5.73 Å². The lowest BCUT2D eigenvalue weighted by atomic mass is 10.2. The molecular formula is C14H16ClN5O2. The Morgan fingerprint density at radius 2 is 2.23 bits per heavy atom. The Kier molecular flexibility index (Phi) is 5.11. The Morgan fingerprint density at radius 3 is 2.91 bits per heavy atom. The van der Waals surface area contributed by atoms with Crippen molar-refractivity contribution in [2.75, 3.05) is 5.32 Å². The maximum absolute atomic E-state index is 11.4. The van der Waals surface area contributed by atoms with Crippen LogP contribution in [0.15, 0.2) is 24.5 Å². The fraction of sp³-hybridized carbons (Fsp3) is 0.286. The minimum Gasteiger partial charge on any atom is -0.475 e. The van der Waals surface area contributed by atoms with E-state index in [2.05, 4.69) is 20.3 Å². The van der Waals surface area contributed by atoms with E-state index in [1.54, 1.807) is 12.3 Å². The zero-order valence-electron chi connectivity index (χ0n) is 12.2. The van der Waals surface area contributed by atoms with Gasteiger partial charge in [-0.25, -0.2) is 9.97 Å². The van der Waals surface area contributed by atoms with Crippen molar-refractivity contribution in [3.8, 4) is 5.88 Å². The lowest BCUT2D eigenvalue weighted by Crippen LogP contribution is -2.17. The summed E-state index contributed by atoms with van der Waals surface area (Å²) in [4.78, 5) is 23.3. The molecule has 0 aliphatic rings. The van der Waals surface area contributed by atoms with Gasteiger partial charge in [0, 0.05) is 24.5 Å². The third-order valence-corrected chi connectivity index (χ3v) is 2.85. The molecule has 0 radical (unpaired) electrons. The molecule has 0 atom stereocenters. The average molecular weight is 322 g/mol. The van der Waals surface area contributed by atoms with Crippen molar-refractivity contribution in [1.29, 1.82) is 0 Å². The molecule has 0 saturated carbocycles. The number of carbonyl (C=O) groups is 1. The van der Waals surface area contributed by atoms with Gasteiger partial charge in [-0.3, -0.25) is 4.79 Å². The first-order valence-corrected chi connectivity index (χ1v) is 7.02. The average Bonchev–Trinajstić information content (AvgIpc) is 2.45. The van der Waals surface area contributed by atoms with Gasteiger partial charge in [0.1, 0.15) is 5.82 Å². The Hall–Kier alpha value is -2.41. The minimum atomic E-state index is -0.635. The van der Waals surface area contributed by atoms with Crippen LogP contribution in [-0.4, -0.2) is 27.0 Å². The van der Waals surface area contributed by atoms with Gasteiger partial charge >= 0.3 is 0 Å². The number of hydrogen-bond acceptors (Lipinski definition) is 6. The molecule has 0 fully saturated rings. The van der Waals surface area contributed by atoms with E-state index < -0.39 is 5.91 Å². The summed E-state index contributed by atoms with van der Waals surface area (Å²) in [7, 11) is 0. The number of nitrogens with two attached hydrogens (primary N) is 1. The van der Waals surface area contributed by atoms with Gasteiger partial charge in [0.15, 0.2) is 0 Å². The van der Waals surface area contributed by atoms with E-state index in [-0.39, 0.29) is 22.8 Å². The monoisotopic (exact) mass is 321 g/mol. The number of hydrogen-bond donors (Lipinski definition) is 2. The van der Waals surface area contributed by atoms with Gasteiger partial charge in [0.25, 0.3) is 5.91 Å². The Morgan fingerprint density at radius 1 is 1.45 bits per heavy atom. The van der Waals surface area contributed by atoms with Gasteiger partial charge in [-0.15, -0.1) is 0 Å². The molecule has 2 rings (SSSR count). The van der Waals surface area contributed by atoms with Crippen molar-refractivity contribution in [1.82, 2.24) is 15.0 Å². The molecule has 0 aromatic carbocycles. The summed E-state index contributed by atoms with van der Waals surface area (Å²) >= 11 is 5.75. The van der Waals surface area contributed by atoms with Crippen LogP contribution in [0.25, 0.3) is 0 Å². The summed E-state index contributed by atoms with van der Waals surface area (Å²) in [5, 5.41) is 3.03. The standard InChI is InChI=1S/C14H16ClN5O2/c1-8(2)22-13-9(4-3-5-17-13)6-18-12-10(11(16)21)7-19-14(15)20-12/h3-5,7-8H,6H2,1-2H3,(H2,16,21)(H,18,19,20). The van der Waals surface area contributed by atoms with Crippen LogP contribution in [0.5, 0.6) is 5.88 Å². The summed E-state index contributed by atoms with van der Waals surface area (Å²) < 4.78 is 5.63. The van der Waals surface area contributed by atoms with E-state index in [0.717, 1.165) is 5.56 Å². The van der Waals surface area contributed by atoms with Crippen molar-refractivity contribution in [2.45, 2.75) is 26.5 Å². The molecule has 0 unspecified atom stereocenters. The van der Waals surface area contributed by atoms with Gasteiger partial charge in [-0.2, -0.15) is 4.98 Å². The smallest absolute Gasteiger partial charge is 0.254 e. The molecule has 22 heavy (non-hydrogen) atoms. The summed E-state index contributed by atoms with van der Waals surface area (Å²) in [6.45, 7) is 4.19. The molecule has 3 N–H and O–H groups in total. The predicted molar refractivity (Wildman–Crippen MR) is 82.9 cm³/mol. The highest BCUT2D eigenvalue weighted by Gasteiger charge is 2.13. The molecule has 8 heteroatoms. The quantitative estimate of drug-likeness (QED) is 0.789. The summed E-state index contributed by atoms with van der Waals surface area (Å²) in [6, 6.07) is 3.66. The first-order chi connectivity index (χ1) is 10.5. The third-order valence-electron chi connectivity index (χ3n) is 2.67. The number of carbonyl (C=O) groups excluding carboxylic acids is 1. The Labute approximate surface area is 132 Å². The van der Waals surface area contributed by atoms with Crippen LogP contribution in [-0.2, 0) is 6.54 Å². The Bertz CT molecular complexity index is 678. The van der Waals surface area contributed by atoms with Crippen LogP contribution < -0.4 is 15.8 Å². The minimum absolute atomic E-state index is 0.00308. The van der Waals surface area contributed by atoms with E-state index in [1.165, 1.54) is 6.20 Å². The molecule has 0 aliphatic carbocycles. The first-order valence-electron chi connectivity index (χ1n) is 6.64. The second-order valence-corrected chi connectivity index (χ2v) is 5.09. The normalized spacial score (nSPS) is 10.5. The van der Waals surface area contributed by atoms with Gasteiger partial charge < -0.3 is 15.8 Å². The van der Waals surface area contributed by atoms with Crippen molar-refractivity contribution in [3.63, 3.8) is 0 Å². The lowest BCUT2D eigenvalue weighted by Gasteiger charge is -2.14. The van der Waals surface area contributed by atoms with E-state index in [1.807, 2.05) is 19.9 Å². The number of ether oxygens (including phenoxy) is 1. The van der Waals surface area contributed by atoms with Crippen molar-refractivity contribution in [3.05, 3.63) is 40.9 Å². The largest absolute Gasteiger partial charge is 0.475 e. The molecule has 0 aliphatic heterocycles. The fourth-order valence-corrected chi connectivity index (χ4v) is 1.88. The molecule has 2 heterocycles. The van der Waals surface area contributed by atoms with Gasteiger partial charge in [0.2, 0.25) is 11.2 Å². The summed E-state index contributed by atoms with van der Waals surface area (Å²) in [5.74, 6) is 0.154. The highest BCUT2D eigenvalue weighted by atomic mass is 35.5.